The van der Waals surface area contributed by atoms with Crippen molar-refractivity contribution in [1.82, 2.24) is 0 Å². The van der Waals surface area contributed by atoms with Crippen molar-refractivity contribution in [1.29, 1.82) is 0 Å². The van der Waals surface area contributed by atoms with E-state index >= 15 is 0 Å². The molecule has 0 fully saturated rings. The van der Waals surface area contributed by atoms with Gasteiger partial charge >= 0.3 is 5.97 Å². The third-order valence-corrected chi connectivity index (χ3v) is 5.89. The topological polar surface area (TPSA) is 55.8 Å². The first kappa shape index (κ1) is 26.7. The Balaban J connectivity index is 2.61. The van der Waals surface area contributed by atoms with Gasteiger partial charge in [0.15, 0.2) is 0 Å². The van der Waals surface area contributed by atoms with E-state index in [1.165, 1.54) is 0 Å². The summed E-state index contributed by atoms with van der Waals surface area (Å²) in [5.41, 5.74) is 0.446. The quantitative estimate of drug-likeness (QED) is 0.180. The number of hydrogen-bond acceptors (Lipinski definition) is 4. The number of carbonyl (C=O) groups is 1. The van der Waals surface area contributed by atoms with Crippen LogP contribution in [0.3, 0.4) is 0 Å². The predicted molar refractivity (Wildman–Crippen MR) is 124 cm³/mol. The largest absolute Gasteiger partial charge is 0.465 e. The van der Waals surface area contributed by atoms with Crippen LogP contribution in [-0.4, -0.2) is 35.3 Å². The van der Waals surface area contributed by atoms with Crippen LogP contribution in [0.1, 0.15) is 65.9 Å². The van der Waals surface area contributed by atoms with Gasteiger partial charge < -0.3 is 14.6 Å². The molecule has 0 unspecified atom stereocenters. The first-order valence-electron chi connectivity index (χ1n) is 10.7. The van der Waals surface area contributed by atoms with Crippen molar-refractivity contribution in [2.24, 2.45) is 11.3 Å². The molecule has 0 spiro atoms. The molecule has 0 aromatic heterocycles. The lowest BCUT2D eigenvalue weighted by molar-refractivity contribution is -0.157. The molecule has 1 N–H and O–H groups in total. The van der Waals surface area contributed by atoms with Gasteiger partial charge in [0.05, 0.1) is 29.6 Å². The summed E-state index contributed by atoms with van der Waals surface area (Å²) < 4.78 is 11.3. The SMILES string of the molecule is C=C(C)[C@@H](Cl)CC[C@@](C)(O)[C@@H](CCCOCc1ccccc1)COC(=O)C(C)(C)C. The van der Waals surface area contributed by atoms with Crippen molar-refractivity contribution in [3.63, 3.8) is 0 Å². The molecule has 4 nitrogen and oxygen atoms in total. The molecule has 0 radical (unpaired) electrons. The minimum Gasteiger partial charge on any atom is -0.465 e. The summed E-state index contributed by atoms with van der Waals surface area (Å²) in [6.45, 7) is 14.4. The number of rotatable bonds is 13. The van der Waals surface area contributed by atoms with Gasteiger partial charge in [-0.15, -0.1) is 11.6 Å². The third-order valence-electron chi connectivity index (χ3n) is 5.30. The molecule has 3 atom stereocenters. The third kappa shape index (κ3) is 10.1. The van der Waals surface area contributed by atoms with Crippen LogP contribution >= 0.6 is 11.6 Å². The van der Waals surface area contributed by atoms with Crippen LogP contribution < -0.4 is 0 Å². The Labute approximate surface area is 187 Å². The highest BCUT2D eigenvalue weighted by Gasteiger charge is 2.34. The van der Waals surface area contributed by atoms with Crippen molar-refractivity contribution in [2.45, 2.75) is 77.9 Å². The Kier molecular flexibility index (Phi) is 11.1. The first-order valence-corrected chi connectivity index (χ1v) is 11.2. The summed E-state index contributed by atoms with van der Waals surface area (Å²) in [4.78, 5) is 12.2. The van der Waals surface area contributed by atoms with Crippen LogP contribution in [0.2, 0.25) is 0 Å². The number of ether oxygens (including phenoxy) is 2. The van der Waals surface area contributed by atoms with Gasteiger partial charge in [-0.05, 0) is 65.9 Å². The van der Waals surface area contributed by atoms with Crippen molar-refractivity contribution >= 4 is 17.6 Å². The second-order valence-corrected chi connectivity index (χ2v) is 9.96. The zero-order valence-electron chi connectivity index (χ0n) is 19.2. The summed E-state index contributed by atoms with van der Waals surface area (Å²) in [5.74, 6) is -0.459. The van der Waals surface area contributed by atoms with E-state index in [-0.39, 0.29) is 23.9 Å². The summed E-state index contributed by atoms with van der Waals surface area (Å²) in [6, 6.07) is 10.0. The molecule has 1 aromatic carbocycles. The molecule has 5 heteroatoms. The molecule has 30 heavy (non-hydrogen) atoms. The van der Waals surface area contributed by atoms with E-state index in [0.717, 1.165) is 17.6 Å². The van der Waals surface area contributed by atoms with E-state index in [2.05, 4.69) is 6.58 Å². The van der Waals surface area contributed by atoms with E-state index in [1.54, 1.807) is 6.92 Å². The summed E-state index contributed by atoms with van der Waals surface area (Å²) in [5, 5.41) is 11.0. The van der Waals surface area contributed by atoms with Crippen LogP contribution in [0.25, 0.3) is 0 Å². The molecular weight excluding hydrogens is 400 g/mol. The maximum Gasteiger partial charge on any atom is 0.311 e. The Hall–Kier alpha value is -1.36. The smallest absolute Gasteiger partial charge is 0.311 e. The van der Waals surface area contributed by atoms with Crippen LogP contribution in [0, 0.1) is 11.3 Å². The second kappa shape index (κ2) is 12.5. The van der Waals surface area contributed by atoms with Gasteiger partial charge in [0.2, 0.25) is 0 Å². The number of halogens is 1. The average Bonchev–Trinajstić information content (AvgIpc) is 2.67. The zero-order chi connectivity index (χ0) is 22.8. The van der Waals surface area contributed by atoms with Gasteiger partial charge in [-0.25, -0.2) is 0 Å². The van der Waals surface area contributed by atoms with Crippen LogP contribution in [0.5, 0.6) is 0 Å². The number of allylic oxidation sites excluding steroid dienone is 1. The molecule has 0 bridgehead atoms. The van der Waals surface area contributed by atoms with Crippen LogP contribution in [0.4, 0.5) is 0 Å². The summed E-state index contributed by atoms with van der Waals surface area (Å²) in [7, 11) is 0. The van der Waals surface area contributed by atoms with Crippen molar-refractivity contribution in [3.8, 4) is 0 Å². The van der Waals surface area contributed by atoms with E-state index in [4.69, 9.17) is 21.1 Å². The van der Waals surface area contributed by atoms with Gasteiger partial charge in [-0.3, -0.25) is 4.79 Å². The fourth-order valence-electron chi connectivity index (χ4n) is 3.03. The second-order valence-electron chi connectivity index (χ2n) is 9.44. The number of benzene rings is 1. The molecule has 0 saturated heterocycles. The van der Waals surface area contributed by atoms with E-state index < -0.39 is 11.0 Å². The Morgan fingerprint density at radius 1 is 1.17 bits per heavy atom. The minimum absolute atomic E-state index is 0.177. The van der Waals surface area contributed by atoms with Gasteiger partial charge in [-0.1, -0.05) is 42.5 Å². The zero-order valence-corrected chi connectivity index (χ0v) is 20.0. The van der Waals surface area contributed by atoms with Crippen molar-refractivity contribution in [2.75, 3.05) is 13.2 Å². The number of alkyl halides is 1. The fourth-order valence-corrected chi connectivity index (χ4v) is 3.14. The summed E-state index contributed by atoms with van der Waals surface area (Å²) >= 11 is 6.30. The maximum atomic E-state index is 12.2. The molecule has 170 valence electrons. The highest BCUT2D eigenvalue weighted by molar-refractivity contribution is 6.22. The fraction of sp³-hybridized carbons (Fsp3) is 0.640. The molecule has 0 saturated carbocycles. The molecule has 0 aliphatic carbocycles. The lowest BCUT2D eigenvalue weighted by Gasteiger charge is -2.34. The van der Waals surface area contributed by atoms with Crippen LogP contribution in [0.15, 0.2) is 42.5 Å². The number of aliphatic hydroxyl groups is 1. The summed E-state index contributed by atoms with van der Waals surface area (Å²) in [6.07, 6.45) is 2.60. The Morgan fingerprint density at radius 2 is 1.80 bits per heavy atom. The normalized spacial score (nSPS) is 15.8. The first-order chi connectivity index (χ1) is 13.9. The Morgan fingerprint density at radius 3 is 2.37 bits per heavy atom. The van der Waals surface area contributed by atoms with Gasteiger partial charge in [0, 0.05) is 12.5 Å². The molecule has 0 heterocycles. The van der Waals surface area contributed by atoms with Crippen molar-refractivity contribution in [3.05, 3.63) is 48.0 Å². The van der Waals surface area contributed by atoms with Crippen LogP contribution in [-0.2, 0) is 20.9 Å². The highest BCUT2D eigenvalue weighted by atomic mass is 35.5. The predicted octanol–water partition coefficient (Wildman–Crippen LogP) is 5.90. The lowest BCUT2D eigenvalue weighted by Crippen LogP contribution is -2.39. The van der Waals surface area contributed by atoms with Gasteiger partial charge in [-0.2, -0.15) is 0 Å². The molecule has 0 aliphatic rings. The Bertz CT molecular complexity index is 649. The van der Waals surface area contributed by atoms with E-state index in [0.29, 0.717) is 32.5 Å². The molecule has 0 amide bonds. The number of carbonyl (C=O) groups excluding carboxylic acids is 1. The average molecular weight is 439 g/mol. The molecule has 0 aliphatic heterocycles. The highest BCUT2D eigenvalue weighted by Crippen LogP contribution is 2.30. The molecular formula is C25H39ClO4. The minimum atomic E-state index is -1.000. The number of hydrogen-bond donors (Lipinski definition) is 1. The monoisotopic (exact) mass is 438 g/mol. The molecule has 1 aromatic rings. The maximum absolute atomic E-state index is 12.2. The number of esters is 1. The standard InChI is InChI=1S/C25H39ClO4/c1-19(2)22(26)14-15-25(6,28)21(18-30-23(27)24(3,4)5)13-10-16-29-17-20-11-8-7-9-12-20/h7-9,11-12,21-22,28H,1,10,13-18H2,2-6H3/t21-,22-,25+/m0/s1. The molecule has 1 rings (SSSR count). The van der Waals surface area contributed by atoms with E-state index in [1.807, 2.05) is 58.0 Å². The lowest BCUT2D eigenvalue weighted by atomic mass is 9.82. The van der Waals surface area contributed by atoms with Gasteiger partial charge in [0.1, 0.15) is 0 Å². The van der Waals surface area contributed by atoms with E-state index in [9.17, 15) is 9.90 Å². The van der Waals surface area contributed by atoms with Crippen molar-refractivity contribution < 1.29 is 19.4 Å². The van der Waals surface area contributed by atoms with Gasteiger partial charge in [0.25, 0.3) is 0 Å².